The normalized spacial score (nSPS) is 11.2. The van der Waals surface area contributed by atoms with E-state index in [2.05, 4.69) is 157 Å². The van der Waals surface area contributed by atoms with Gasteiger partial charge in [0.2, 0.25) is 0 Å². The lowest BCUT2D eigenvalue weighted by molar-refractivity contribution is 1.29. The van der Waals surface area contributed by atoms with E-state index in [1.54, 1.807) is 0 Å². The maximum Gasteiger partial charge on any atom is 0.0476 e. The molecule has 0 aliphatic carbocycles. The van der Waals surface area contributed by atoms with Gasteiger partial charge in [-0.3, -0.25) is 0 Å². The topological polar surface area (TPSA) is 3.24 Å². The fourth-order valence-corrected chi connectivity index (χ4v) is 6.42. The SMILES string of the molecule is Cc1ccc(-c2ccc(N(c3ccc(-c4ccccc4)cc3)c3ccc4c(c3)sc3ccccc34)cc2)cc1. The molecule has 0 aliphatic heterocycles. The molecule has 39 heavy (non-hydrogen) atoms. The standard InChI is InChI=1S/C37H27NS/c1-26-11-13-28(14-12-26)30-17-21-32(22-18-30)38(31-19-15-29(16-20-31)27-7-3-2-4-8-27)33-23-24-35-34-9-5-6-10-36(34)39-37(35)25-33/h2-25H,1H3. The quantitative estimate of drug-likeness (QED) is 0.219. The Morgan fingerprint density at radius 2 is 0.897 bits per heavy atom. The first-order valence-electron chi connectivity index (χ1n) is 13.3. The average molecular weight is 518 g/mol. The van der Waals surface area contributed by atoms with Crippen molar-refractivity contribution in [3.63, 3.8) is 0 Å². The van der Waals surface area contributed by atoms with Crippen LogP contribution in [0.4, 0.5) is 17.1 Å². The molecule has 0 unspecified atom stereocenters. The summed E-state index contributed by atoms with van der Waals surface area (Å²) in [6, 6.07) is 52.6. The minimum atomic E-state index is 1.14. The van der Waals surface area contributed by atoms with Crippen LogP contribution in [0.25, 0.3) is 42.4 Å². The molecule has 0 bridgehead atoms. The fourth-order valence-electron chi connectivity index (χ4n) is 5.28. The molecule has 6 aromatic carbocycles. The molecule has 0 radical (unpaired) electrons. The molecule has 7 rings (SSSR count). The molecule has 0 spiro atoms. The van der Waals surface area contributed by atoms with E-state index in [9.17, 15) is 0 Å². The van der Waals surface area contributed by atoms with Crippen LogP contribution in [0.3, 0.4) is 0 Å². The lowest BCUT2D eigenvalue weighted by Crippen LogP contribution is -2.09. The Kier molecular flexibility index (Phi) is 5.96. The number of fused-ring (bicyclic) bond motifs is 3. The van der Waals surface area contributed by atoms with Crippen molar-refractivity contribution in [1.29, 1.82) is 0 Å². The van der Waals surface area contributed by atoms with Gasteiger partial charge in [-0.25, -0.2) is 0 Å². The molecule has 0 aliphatic rings. The maximum absolute atomic E-state index is 2.36. The van der Waals surface area contributed by atoms with Crippen LogP contribution in [-0.4, -0.2) is 0 Å². The van der Waals surface area contributed by atoms with Crippen LogP contribution in [0.2, 0.25) is 0 Å². The summed E-state index contributed by atoms with van der Waals surface area (Å²) in [6.07, 6.45) is 0. The van der Waals surface area contributed by atoms with Crippen molar-refractivity contribution in [2.45, 2.75) is 6.92 Å². The molecule has 0 atom stereocenters. The predicted octanol–water partition coefficient (Wildman–Crippen LogP) is 11.2. The molecule has 2 heteroatoms. The molecule has 0 fully saturated rings. The van der Waals surface area contributed by atoms with Crippen LogP contribution >= 0.6 is 11.3 Å². The van der Waals surface area contributed by atoms with Gasteiger partial charge in [0.1, 0.15) is 0 Å². The highest BCUT2D eigenvalue weighted by Gasteiger charge is 2.15. The Morgan fingerprint density at radius 3 is 1.54 bits per heavy atom. The molecular weight excluding hydrogens is 490 g/mol. The third-order valence-corrected chi connectivity index (χ3v) is 8.50. The highest BCUT2D eigenvalue weighted by molar-refractivity contribution is 7.25. The second-order valence-electron chi connectivity index (χ2n) is 9.94. The van der Waals surface area contributed by atoms with Crippen LogP contribution < -0.4 is 4.90 Å². The van der Waals surface area contributed by atoms with Crippen molar-refractivity contribution in [3.8, 4) is 22.3 Å². The summed E-state index contributed by atoms with van der Waals surface area (Å²) < 4.78 is 2.63. The maximum atomic E-state index is 2.36. The van der Waals surface area contributed by atoms with Gasteiger partial charge in [-0.2, -0.15) is 0 Å². The average Bonchev–Trinajstić information content (AvgIpc) is 3.37. The summed E-state index contributed by atoms with van der Waals surface area (Å²) in [7, 11) is 0. The van der Waals surface area contributed by atoms with Crippen molar-refractivity contribution in [3.05, 3.63) is 151 Å². The van der Waals surface area contributed by atoms with Crippen molar-refractivity contribution in [2.75, 3.05) is 4.90 Å². The monoisotopic (exact) mass is 517 g/mol. The zero-order valence-corrected chi connectivity index (χ0v) is 22.5. The van der Waals surface area contributed by atoms with Gasteiger partial charge >= 0.3 is 0 Å². The Bertz CT molecular complexity index is 1880. The zero-order chi connectivity index (χ0) is 26.2. The molecule has 1 aromatic heterocycles. The smallest absolute Gasteiger partial charge is 0.0476 e. The van der Waals surface area contributed by atoms with Crippen LogP contribution in [0.1, 0.15) is 5.56 Å². The summed E-state index contributed by atoms with van der Waals surface area (Å²) >= 11 is 1.86. The van der Waals surface area contributed by atoms with Gasteiger partial charge in [0.15, 0.2) is 0 Å². The zero-order valence-electron chi connectivity index (χ0n) is 21.7. The number of nitrogens with zero attached hydrogens (tertiary/aromatic N) is 1. The lowest BCUT2D eigenvalue weighted by Gasteiger charge is -2.26. The Balaban J connectivity index is 1.33. The second-order valence-corrected chi connectivity index (χ2v) is 11.0. The number of aryl methyl sites for hydroxylation is 1. The highest BCUT2D eigenvalue weighted by atomic mass is 32.1. The first-order valence-corrected chi connectivity index (χ1v) is 14.1. The van der Waals surface area contributed by atoms with Crippen LogP contribution in [0.5, 0.6) is 0 Å². The second kappa shape index (κ2) is 9.90. The first-order chi connectivity index (χ1) is 19.2. The summed E-state index contributed by atoms with van der Waals surface area (Å²) in [5.74, 6) is 0. The summed E-state index contributed by atoms with van der Waals surface area (Å²) in [4.78, 5) is 2.36. The van der Waals surface area contributed by atoms with Crippen LogP contribution in [-0.2, 0) is 0 Å². The summed E-state index contributed by atoms with van der Waals surface area (Å²) in [5.41, 5.74) is 9.60. The van der Waals surface area contributed by atoms with Crippen molar-refractivity contribution < 1.29 is 0 Å². The summed E-state index contributed by atoms with van der Waals surface area (Å²) in [5, 5.41) is 2.64. The minimum Gasteiger partial charge on any atom is -0.310 e. The van der Waals surface area contributed by atoms with Gasteiger partial charge in [-0.05, 0) is 71.6 Å². The fraction of sp³-hybridized carbons (Fsp3) is 0.0270. The van der Waals surface area contributed by atoms with E-state index in [4.69, 9.17) is 0 Å². The van der Waals surface area contributed by atoms with E-state index < -0.39 is 0 Å². The molecular formula is C37H27NS. The van der Waals surface area contributed by atoms with E-state index >= 15 is 0 Å². The first kappa shape index (κ1) is 23.5. The van der Waals surface area contributed by atoms with Crippen LogP contribution in [0.15, 0.2) is 146 Å². The number of thiophene rings is 1. The molecule has 0 saturated heterocycles. The number of anilines is 3. The number of rotatable bonds is 5. The van der Waals surface area contributed by atoms with Gasteiger partial charge in [0, 0.05) is 37.2 Å². The Labute approximate surface area is 233 Å². The van der Waals surface area contributed by atoms with E-state index in [1.807, 2.05) is 11.3 Å². The van der Waals surface area contributed by atoms with Crippen LogP contribution in [0, 0.1) is 6.92 Å². The van der Waals surface area contributed by atoms with Gasteiger partial charge in [0.05, 0.1) is 0 Å². The largest absolute Gasteiger partial charge is 0.310 e. The third-order valence-electron chi connectivity index (χ3n) is 7.36. The molecule has 186 valence electrons. The number of hydrogen-bond donors (Lipinski definition) is 0. The van der Waals surface area contributed by atoms with E-state index in [1.165, 1.54) is 48.0 Å². The third kappa shape index (κ3) is 4.50. The van der Waals surface area contributed by atoms with Crippen molar-refractivity contribution >= 4 is 48.6 Å². The number of hydrogen-bond acceptors (Lipinski definition) is 2. The van der Waals surface area contributed by atoms with E-state index in [0.717, 1.165) is 17.1 Å². The summed E-state index contributed by atoms with van der Waals surface area (Å²) in [6.45, 7) is 2.13. The number of benzene rings is 6. The van der Waals surface area contributed by atoms with Gasteiger partial charge in [-0.15, -0.1) is 11.3 Å². The van der Waals surface area contributed by atoms with E-state index in [-0.39, 0.29) is 0 Å². The molecule has 0 saturated carbocycles. The van der Waals surface area contributed by atoms with Crippen molar-refractivity contribution in [2.24, 2.45) is 0 Å². The Morgan fingerprint density at radius 1 is 0.410 bits per heavy atom. The van der Waals surface area contributed by atoms with Gasteiger partial charge < -0.3 is 4.90 Å². The van der Waals surface area contributed by atoms with Gasteiger partial charge in [0.25, 0.3) is 0 Å². The lowest BCUT2D eigenvalue weighted by atomic mass is 10.0. The van der Waals surface area contributed by atoms with E-state index in [0.29, 0.717) is 0 Å². The minimum absolute atomic E-state index is 1.14. The Hall–Kier alpha value is -4.66. The molecule has 1 heterocycles. The van der Waals surface area contributed by atoms with Gasteiger partial charge in [-0.1, -0.05) is 109 Å². The molecule has 1 nitrogen and oxygen atoms in total. The highest BCUT2D eigenvalue weighted by Crippen LogP contribution is 2.41. The predicted molar refractivity (Wildman–Crippen MR) is 170 cm³/mol. The molecule has 7 aromatic rings. The molecule has 0 amide bonds. The van der Waals surface area contributed by atoms with Crippen molar-refractivity contribution in [1.82, 2.24) is 0 Å². The molecule has 0 N–H and O–H groups in total.